The third kappa shape index (κ3) is 4.54. The fraction of sp³-hybridized carbons (Fsp3) is 0.714. The maximum Gasteiger partial charge on any atom is 0.317 e. The summed E-state index contributed by atoms with van der Waals surface area (Å²) in [5, 5.41) is 10.9. The standard InChI is InChI=1S/C7H14N2O3/c1-5(4-6(10)11)8-7(12)9(2)3/h5H,4H2,1-3H3,(H,8,12)(H,10,11). The first-order valence-electron chi connectivity index (χ1n) is 3.63. The summed E-state index contributed by atoms with van der Waals surface area (Å²) in [7, 11) is 3.20. The number of nitrogens with zero attached hydrogens (tertiary/aromatic N) is 1. The van der Waals surface area contributed by atoms with E-state index in [1.165, 1.54) is 4.90 Å². The van der Waals surface area contributed by atoms with Crippen LogP contribution in [0.4, 0.5) is 4.79 Å². The van der Waals surface area contributed by atoms with E-state index in [4.69, 9.17) is 5.11 Å². The monoisotopic (exact) mass is 174 g/mol. The number of urea groups is 1. The normalized spacial score (nSPS) is 11.9. The molecule has 0 bridgehead atoms. The molecule has 1 unspecified atom stereocenters. The SMILES string of the molecule is CC(CC(=O)O)NC(=O)N(C)C. The summed E-state index contributed by atoms with van der Waals surface area (Å²) in [4.78, 5) is 22.5. The third-order valence-electron chi connectivity index (χ3n) is 1.26. The predicted molar refractivity (Wildman–Crippen MR) is 43.9 cm³/mol. The summed E-state index contributed by atoms with van der Waals surface area (Å²) >= 11 is 0. The average molecular weight is 174 g/mol. The second-order valence-corrected chi connectivity index (χ2v) is 2.84. The molecule has 1 atom stereocenters. The summed E-state index contributed by atoms with van der Waals surface area (Å²) in [5.74, 6) is -0.915. The van der Waals surface area contributed by atoms with Crippen LogP contribution in [0.5, 0.6) is 0 Å². The van der Waals surface area contributed by atoms with Gasteiger partial charge in [0, 0.05) is 20.1 Å². The zero-order valence-electron chi connectivity index (χ0n) is 7.50. The van der Waals surface area contributed by atoms with Gasteiger partial charge in [-0.1, -0.05) is 0 Å². The van der Waals surface area contributed by atoms with Gasteiger partial charge < -0.3 is 15.3 Å². The first-order chi connectivity index (χ1) is 5.43. The summed E-state index contributed by atoms with van der Waals surface area (Å²) in [5.41, 5.74) is 0. The van der Waals surface area contributed by atoms with Crippen LogP contribution in [0.2, 0.25) is 0 Å². The molecule has 0 aromatic carbocycles. The van der Waals surface area contributed by atoms with Gasteiger partial charge in [-0.25, -0.2) is 4.79 Å². The van der Waals surface area contributed by atoms with Gasteiger partial charge in [-0.05, 0) is 6.92 Å². The highest BCUT2D eigenvalue weighted by Crippen LogP contribution is 1.91. The van der Waals surface area contributed by atoms with Crippen molar-refractivity contribution in [3.05, 3.63) is 0 Å². The van der Waals surface area contributed by atoms with E-state index < -0.39 is 5.97 Å². The number of carbonyl (C=O) groups is 2. The van der Waals surface area contributed by atoms with E-state index in [0.717, 1.165) is 0 Å². The van der Waals surface area contributed by atoms with Crippen LogP contribution in [-0.4, -0.2) is 42.1 Å². The van der Waals surface area contributed by atoms with Gasteiger partial charge in [0.05, 0.1) is 6.42 Å². The molecule has 0 fully saturated rings. The molecular weight excluding hydrogens is 160 g/mol. The van der Waals surface area contributed by atoms with Crippen molar-refractivity contribution in [2.75, 3.05) is 14.1 Å². The zero-order chi connectivity index (χ0) is 9.72. The number of aliphatic carboxylic acids is 1. The molecule has 2 amide bonds. The zero-order valence-corrected chi connectivity index (χ0v) is 7.50. The molecular formula is C7H14N2O3. The molecule has 0 aromatic heterocycles. The Morgan fingerprint density at radius 1 is 1.50 bits per heavy atom. The second-order valence-electron chi connectivity index (χ2n) is 2.84. The highest BCUT2D eigenvalue weighted by Gasteiger charge is 2.11. The second kappa shape index (κ2) is 4.58. The van der Waals surface area contributed by atoms with E-state index in [1.54, 1.807) is 21.0 Å². The van der Waals surface area contributed by atoms with Crippen LogP contribution in [0, 0.1) is 0 Å². The number of carboxylic acids is 1. The van der Waals surface area contributed by atoms with Gasteiger partial charge in [-0.3, -0.25) is 4.79 Å². The Morgan fingerprint density at radius 2 is 2.00 bits per heavy atom. The van der Waals surface area contributed by atoms with Crippen molar-refractivity contribution in [1.29, 1.82) is 0 Å². The van der Waals surface area contributed by atoms with Crippen LogP contribution >= 0.6 is 0 Å². The lowest BCUT2D eigenvalue weighted by atomic mass is 10.2. The highest BCUT2D eigenvalue weighted by atomic mass is 16.4. The van der Waals surface area contributed by atoms with Crippen LogP contribution in [0.1, 0.15) is 13.3 Å². The van der Waals surface area contributed by atoms with Gasteiger partial charge in [-0.2, -0.15) is 0 Å². The Morgan fingerprint density at radius 3 is 2.33 bits per heavy atom. The largest absolute Gasteiger partial charge is 0.481 e. The Balaban J connectivity index is 3.76. The van der Waals surface area contributed by atoms with Gasteiger partial charge in [0.15, 0.2) is 0 Å². The molecule has 0 aromatic rings. The van der Waals surface area contributed by atoms with E-state index in [0.29, 0.717) is 0 Å². The maximum absolute atomic E-state index is 11.0. The van der Waals surface area contributed by atoms with E-state index >= 15 is 0 Å². The molecule has 0 spiro atoms. The Bertz CT molecular complexity index is 179. The average Bonchev–Trinajstić information content (AvgIpc) is 1.84. The predicted octanol–water partition coefficient (Wildman–Crippen LogP) is 0.121. The Kier molecular flexibility index (Phi) is 4.10. The summed E-state index contributed by atoms with van der Waals surface area (Å²) in [6.07, 6.45) is -0.0560. The number of hydrogen-bond acceptors (Lipinski definition) is 2. The van der Waals surface area contributed by atoms with Gasteiger partial charge in [0.2, 0.25) is 0 Å². The van der Waals surface area contributed by atoms with Crippen molar-refractivity contribution in [2.45, 2.75) is 19.4 Å². The van der Waals surface area contributed by atoms with Crippen molar-refractivity contribution >= 4 is 12.0 Å². The van der Waals surface area contributed by atoms with Crippen LogP contribution in [-0.2, 0) is 4.79 Å². The lowest BCUT2D eigenvalue weighted by Crippen LogP contribution is -2.40. The molecule has 0 radical (unpaired) electrons. The molecule has 0 aliphatic carbocycles. The molecule has 0 aliphatic rings. The van der Waals surface area contributed by atoms with Crippen LogP contribution in [0.3, 0.4) is 0 Å². The molecule has 0 rings (SSSR count). The van der Waals surface area contributed by atoms with Crippen molar-refractivity contribution in [3.63, 3.8) is 0 Å². The first-order valence-corrected chi connectivity index (χ1v) is 3.63. The highest BCUT2D eigenvalue weighted by molar-refractivity contribution is 5.75. The lowest BCUT2D eigenvalue weighted by Gasteiger charge is -2.15. The molecule has 2 N–H and O–H groups in total. The summed E-state index contributed by atoms with van der Waals surface area (Å²) in [6, 6.07) is -0.610. The van der Waals surface area contributed by atoms with Crippen LogP contribution in [0.25, 0.3) is 0 Å². The Hall–Kier alpha value is -1.26. The van der Waals surface area contributed by atoms with Gasteiger partial charge >= 0.3 is 12.0 Å². The minimum Gasteiger partial charge on any atom is -0.481 e. The Labute approximate surface area is 71.4 Å². The number of rotatable bonds is 3. The number of nitrogens with one attached hydrogen (secondary N) is 1. The molecule has 12 heavy (non-hydrogen) atoms. The van der Waals surface area contributed by atoms with E-state index in [9.17, 15) is 9.59 Å². The molecule has 0 aliphatic heterocycles. The molecule has 0 heterocycles. The van der Waals surface area contributed by atoms with Crippen LogP contribution in [0.15, 0.2) is 0 Å². The fourth-order valence-electron chi connectivity index (χ4n) is 0.653. The minimum absolute atomic E-state index is 0.0560. The number of carboxylic acid groups (broad SMARTS) is 1. The van der Waals surface area contributed by atoms with Crippen molar-refractivity contribution in [3.8, 4) is 0 Å². The maximum atomic E-state index is 11.0. The number of hydrogen-bond donors (Lipinski definition) is 2. The topological polar surface area (TPSA) is 69.6 Å². The van der Waals surface area contributed by atoms with Gasteiger partial charge in [0.25, 0.3) is 0 Å². The molecule has 70 valence electrons. The summed E-state index contributed by atoms with van der Waals surface area (Å²) in [6.45, 7) is 1.65. The van der Waals surface area contributed by atoms with Crippen molar-refractivity contribution < 1.29 is 14.7 Å². The molecule has 5 nitrogen and oxygen atoms in total. The van der Waals surface area contributed by atoms with Gasteiger partial charge in [-0.15, -0.1) is 0 Å². The smallest absolute Gasteiger partial charge is 0.317 e. The molecule has 0 saturated carbocycles. The quantitative estimate of drug-likeness (QED) is 0.638. The van der Waals surface area contributed by atoms with E-state index in [1.807, 2.05) is 0 Å². The fourth-order valence-corrected chi connectivity index (χ4v) is 0.653. The third-order valence-corrected chi connectivity index (χ3v) is 1.26. The molecule has 5 heteroatoms. The van der Waals surface area contributed by atoms with Gasteiger partial charge in [0.1, 0.15) is 0 Å². The van der Waals surface area contributed by atoms with E-state index in [-0.39, 0.29) is 18.5 Å². The van der Waals surface area contributed by atoms with E-state index in [2.05, 4.69) is 5.32 Å². The minimum atomic E-state index is -0.915. The summed E-state index contributed by atoms with van der Waals surface area (Å²) < 4.78 is 0. The van der Waals surface area contributed by atoms with Crippen molar-refractivity contribution in [2.24, 2.45) is 0 Å². The number of carbonyl (C=O) groups excluding carboxylic acids is 1. The van der Waals surface area contributed by atoms with Crippen LogP contribution < -0.4 is 5.32 Å². The van der Waals surface area contributed by atoms with Crippen molar-refractivity contribution in [1.82, 2.24) is 10.2 Å². The first kappa shape index (κ1) is 10.7. The number of amides is 2. The molecule has 0 saturated heterocycles. The lowest BCUT2D eigenvalue weighted by molar-refractivity contribution is -0.137.